The molecule has 0 spiro atoms. The molecule has 0 amide bonds. The van der Waals surface area contributed by atoms with Gasteiger partial charge in [0.05, 0.1) is 0 Å². The molecule has 74 valence electrons. The van der Waals surface area contributed by atoms with Crippen molar-refractivity contribution in [3.8, 4) is 0 Å². The van der Waals surface area contributed by atoms with Gasteiger partial charge in [-0.25, -0.2) is 0 Å². The molecule has 0 saturated heterocycles. The van der Waals surface area contributed by atoms with Gasteiger partial charge in [-0.05, 0) is 0 Å². The van der Waals surface area contributed by atoms with Gasteiger partial charge in [0.1, 0.15) is 0 Å². The van der Waals surface area contributed by atoms with Gasteiger partial charge < -0.3 is 0 Å². The van der Waals surface area contributed by atoms with Crippen LogP contribution in [-0.4, -0.2) is 25.8 Å². The van der Waals surface area contributed by atoms with E-state index >= 15 is 0 Å². The van der Waals surface area contributed by atoms with Crippen LogP contribution in [0.2, 0.25) is 27.8 Å². The van der Waals surface area contributed by atoms with Gasteiger partial charge in [-0.2, -0.15) is 0 Å². The maximum absolute atomic E-state index is 2.45. The molecule has 0 aliphatic rings. The van der Waals surface area contributed by atoms with E-state index in [9.17, 15) is 0 Å². The topological polar surface area (TPSA) is 0 Å². The van der Waals surface area contributed by atoms with Crippen molar-refractivity contribution in [2.24, 2.45) is 0 Å². The molecule has 0 heterocycles. The van der Waals surface area contributed by atoms with Crippen molar-refractivity contribution in [2.45, 2.75) is 69.3 Å². The summed E-state index contributed by atoms with van der Waals surface area (Å²) in [7, 11) is -1.03. The van der Waals surface area contributed by atoms with Crippen molar-refractivity contribution in [3.63, 3.8) is 0 Å². The van der Waals surface area contributed by atoms with E-state index in [1.54, 1.807) is 0 Å². The molecule has 0 unspecified atom stereocenters. The fourth-order valence-corrected chi connectivity index (χ4v) is 9.90. The molecule has 0 radical (unpaired) electrons. The molecule has 0 nitrogen and oxygen atoms in total. The summed E-state index contributed by atoms with van der Waals surface area (Å²) in [6.07, 6.45) is 0. The summed E-state index contributed by atoms with van der Waals surface area (Å²) in [6, 6.07) is 1.51. The molecule has 0 aliphatic carbocycles. The second-order valence-corrected chi connectivity index (χ2v) is 11.5. The first-order valence-corrected chi connectivity index (χ1v) is 8.33. The second kappa shape index (κ2) is 5.64. The fraction of sp³-hybridized carbons (Fsp3) is 1.00. The van der Waals surface area contributed by atoms with Crippen molar-refractivity contribution >= 4 is 25.8 Å². The van der Waals surface area contributed by atoms with E-state index in [-0.39, 0.29) is 0 Å². The van der Waals surface area contributed by atoms with Gasteiger partial charge in [-0.15, -0.1) is 0 Å². The van der Waals surface area contributed by atoms with Gasteiger partial charge in [0, 0.05) is 0 Å². The standard InChI is InChI=1S/C11H25Si.Li/c1-8-12(9(2)3,10(4)5)11(6)7;/h9-11H,1,8H2,2-7H3;. The summed E-state index contributed by atoms with van der Waals surface area (Å²) in [5.74, 6) is 0. The van der Waals surface area contributed by atoms with Crippen molar-refractivity contribution in [1.29, 1.82) is 0 Å². The van der Waals surface area contributed by atoms with Gasteiger partial charge in [-0.3, -0.25) is 0 Å². The normalized spacial score (nSPS) is 13.5. The van der Waals surface area contributed by atoms with E-state index < -0.39 is 8.07 Å². The summed E-state index contributed by atoms with van der Waals surface area (Å²) < 4.78 is 0. The minimum absolute atomic E-state index is 0.937. The summed E-state index contributed by atoms with van der Waals surface area (Å²) in [4.78, 5) is 0. The van der Waals surface area contributed by atoms with Gasteiger partial charge in [0.15, 0.2) is 0 Å². The van der Waals surface area contributed by atoms with Gasteiger partial charge in [-0.1, -0.05) is 0 Å². The summed E-state index contributed by atoms with van der Waals surface area (Å²) in [5.41, 5.74) is 2.81. The molecule has 0 aromatic rings. The number of hydrogen-bond acceptors (Lipinski definition) is 0. The SMILES string of the molecule is [Li][CH2]C[Si](C(C)C)(C(C)C)C(C)C. The third-order valence-electron chi connectivity index (χ3n) is 3.91. The Morgan fingerprint density at radius 3 is 1.23 bits per heavy atom. The fourth-order valence-electron chi connectivity index (χ4n) is 3.30. The van der Waals surface area contributed by atoms with E-state index in [2.05, 4.69) is 59.3 Å². The number of hydrogen-bond donors (Lipinski definition) is 0. The molecule has 2 heteroatoms. The van der Waals surface area contributed by atoms with E-state index in [1.165, 1.54) is 11.1 Å². The molecular weight excluding hydrogens is 167 g/mol. The van der Waals surface area contributed by atoms with Crippen LogP contribution in [-0.2, 0) is 0 Å². The first-order valence-electron chi connectivity index (χ1n) is 5.89. The molecule has 0 atom stereocenters. The molecule has 0 rings (SSSR count). The zero-order valence-electron chi connectivity index (χ0n) is 10.6. The summed E-state index contributed by atoms with van der Waals surface area (Å²) in [6.45, 7) is 14.7. The van der Waals surface area contributed by atoms with Crippen LogP contribution in [0.1, 0.15) is 41.5 Å². The molecule has 0 aliphatic heterocycles. The molecule has 0 N–H and O–H groups in total. The van der Waals surface area contributed by atoms with E-state index in [0.29, 0.717) is 0 Å². The third-order valence-corrected chi connectivity index (χ3v) is 11.7. The minimum atomic E-state index is -1.03. The average Bonchev–Trinajstić information content (AvgIpc) is 1.97. The van der Waals surface area contributed by atoms with Crippen LogP contribution >= 0.6 is 0 Å². The molecule has 0 saturated carbocycles. The zero-order valence-corrected chi connectivity index (χ0v) is 11.6. The number of rotatable bonds is 5. The van der Waals surface area contributed by atoms with Crippen molar-refractivity contribution in [1.82, 2.24) is 0 Å². The van der Waals surface area contributed by atoms with Gasteiger partial charge in [0.2, 0.25) is 0 Å². The Kier molecular flexibility index (Phi) is 5.99. The Morgan fingerprint density at radius 2 is 1.15 bits per heavy atom. The maximum atomic E-state index is 2.45. The van der Waals surface area contributed by atoms with E-state index in [4.69, 9.17) is 0 Å². The Morgan fingerprint density at radius 1 is 0.846 bits per heavy atom. The zero-order chi connectivity index (χ0) is 10.6. The monoisotopic (exact) mass is 192 g/mol. The van der Waals surface area contributed by atoms with Crippen LogP contribution in [0.15, 0.2) is 0 Å². The van der Waals surface area contributed by atoms with Crippen LogP contribution in [0.5, 0.6) is 0 Å². The average molecular weight is 192 g/mol. The quantitative estimate of drug-likeness (QED) is 0.571. The van der Waals surface area contributed by atoms with Crippen molar-refractivity contribution in [3.05, 3.63) is 0 Å². The van der Waals surface area contributed by atoms with Crippen LogP contribution in [0.4, 0.5) is 0 Å². The Balaban J connectivity index is 4.82. The predicted octanol–water partition coefficient (Wildman–Crippen LogP) is 4.25. The van der Waals surface area contributed by atoms with Crippen LogP contribution < -0.4 is 0 Å². The molecule has 0 aromatic heterocycles. The first-order chi connectivity index (χ1) is 5.89. The van der Waals surface area contributed by atoms with Gasteiger partial charge >= 0.3 is 95.1 Å². The molecule has 0 bridgehead atoms. The molecule has 0 aromatic carbocycles. The van der Waals surface area contributed by atoms with Crippen molar-refractivity contribution < 1.29 is 0 Å². The second-order valence-electron chi connectivity index (χ2n) is 5.33. The molecular formula is C11H25LiSi. The van der Waals surface area contributed by atoms with Crippen LogP contribution in [0, 0.1) is 0 Å². The van der Waals surface area contributed by atoms with Crippen molar-refractivity contribution in [2.75, 3.05) is 0 Å². The van der Waals surface area contributed by atoms with Crippen LogP contribution in [0.25, 0.3) is 0 Å². The first kappa shape index (κ1) is 13.8. The van der Waals surface area contributed by atoms with Crippen LogP contribution in [0.3, 0.4) is 0 Å². The summed E-state index contributed by atoms with van der Waals surface area (Å²) >= 11 is 2.34. The Labute approximate surface area is 95.1 Å². The Hall–Kier alpha value is 0.814. The predicted molar refractivity (Wildman–Crippen MR) is 66.4 cm³/mol. The third kappa shape index (κ3) is 2.88. The summed E-state index contributed by atoms with van der Waals surface area (Å²) in [5, 5.41) is 1.38. The Bertz CT molecular complexity index is 119. The van der Waals surface area contributed by atoms with E-state index in [0.717, 1.165) is 16.6 Å². The molecule has 13 heavy (non-hydrogen) atoms. The van der Waals surface area contributed by atoms with E-state index in [1.807, 2.05) is 0 Å². The molecule has 0 fully saturated rings. The van der Waals surface area contributed by atoms with Gasteiger partial charge in [0.25, 0.3) is 0 Å².